The average Bonchev–Trinajstić information content (AvgIpc) is 3.77. The number of rotatable bonds is 4. The molecule has 4 heteroatoms. The number of benzene rings is 5. The molecule has 0 aliphatic carbocycles. The van der Waals surface area contributed by atoms with Crippen LogP contribution in [-0.2, 0) is 44.0 Å². The summed E-state index contributed by atoms with van der Waals surface area (Å²) >= 11 is 1.74. The molecule has 292 valence electrons. The van der Waals surface area contributed by atoms with Crippen LogP contribution >= 0.6 is 11.3 Å². The van der Waals surface area contributed by atoms with Crippen molar-refractivity contribution in [2.24, 2.45) is 0 Å². The summed E-state index contributed by atoms with van der Waals surface area (Å²) in [5, 5.41) is 5.74. The van der Waals surface area contributed by atoms with Crippen molar-refractivity contribution in [1.29, 1.82) is 0 Å². The van der Waals surface area contributed by atoms with Crippen LogP contribution < -0.4 is 4.98 Å². The second-order valence-electron chi connectivity index (χ2n) is 19.7. The average molecular weight is 947 g/mol. The molecule has 3 aromatic heterocycles. The standard InChI is InChI=1S/C53H53N2S.Au/c1-50(2,3)38-17-13-32(14-18-38)35-25-36(33-15-19-39(20-16-33)51(4,5)6)27-37(26-35)47-49-34(23-24-56-49)28-46(55-47)44-31-41(53(10,11)12)30-43-42-29-40(52(7,8)9)21-22-45(42)54-48(43)44;/h13-15,17-26,28-31H,1-12H3;/q-3;+3. The predicted molar refractivity (Wildman–Crippen MR) is 242 cm³/mol. The predicted octanol–water partition coefficient (Wildman–Crippen LogP) is 15.0. The molecule has 0 aliphatic heterocycles. The third-order valence-corrected chi connectivity index (χ3v) is 12.2. The molecule has 3 heterocycles. The normalized spacial score (nSPS) is 12.8. The Balaban J connectivity index is 0.00000496. The topological polar surface area (TPSA) is 27.0 Å². The Kier molecular flexibility index (Phi) is 10.4. The van der Waals surface area contributed by atoms with E-state index < -0.39 is 0 Å². The number of thiophene rings is 1. The monoisotopic (exact) mass is 946 g/mol. The Morgan fingerprint density at radius 1 is 0.544 bits per heavy atom. The fourth-order valence-corrected chi connectivity index (χ4v) is 8.43. The third-order valence-electron chi connectivity index (χ3n) is 11.2. The van der Waals surface area contributed by atoms with E-state index in [0.29, 0.717) is 0 Å². The molecule has 0 bridgehead atoms. The number of pyridine rings is 1. The van der Waals surface area contributed by atoms with Gasteiger partial charge in [0.1, 0.15) is 0 Å². The van der Waals surface area contributed by atoms with E-state index >= 15 is 0 Å². The molecule has 0 saturated heterocycles. The number of hydrogen-bond acceptors (Lipinski definition) is 2. The van der Waals surface area contributed by atoms with Gasteiger partial charge in [-0.25, -0.2) is 5.56 Å². The van der Waals surface area contributed by atoms with Crippen LogP contribution in [0, 0.1) is 12.1 Å². The van der Waals surface area contributed by atoms with Gasteiger partial charge in [-0.1, -0.05) is 143 Å². The van der Waals surface area contributed by atoms with E-state index in [9.17, 15) is 0 Å². The maximum Gasteiger partial charge on any atom is 3.00 e. The maximum absolute atomic E-state index is 5.61. The van der Waals surface area contributed by atoms with Gasteiger partial charge in [0.05, 0.1) is 5.69 Å². The first kappa shape index (κ1) is 40.9. The summed E-state index contributed by atoms with van der Waals surface area (Å²) in [7, 11) is 0. The first-order valence-electron chi connectivity index (χ1n) is 19.9. The van der Waals surface area contributed by atoms with E-state index in [4.69, 9.17) is 9.97 Å². The minimum Gasteiger partial charge on any atom is -0.656 e. The molecular formula is C53H53AuN2S. The number of hydrogen-bond donors (Lipinski definition) is 0. The molecule has 8 aromatic rings. The van der Waals surface area contributed by atoms with Crippen LogP contribution in [-0.4, -0.2) is 4.98 Å². The molecule has 5 aromatic carbocycles. The SMILES string of the molecule is CC(C)(C)c1c[c-]c(-c2[c-]c(-c3nc(-c4cc(C(C)(C)C)cc5c4[n-]c4ccc(C(C)(C)C)cc45)cc4ccsc34)cc(-c3ccc(C(C)(C)C)cc3)c2)cc1.[Au+3]. The second kappa shape index (κ2) is 14.5. The van der Waals surface area contributed by atoms with Crippen LogP contribution in [0.5, 0.6) is 0 Å². The first-order chi connectivity index (χ1) is 26.2. The minimum absolute atomic E-state index is 0. The van der Waals surface area contributed by atoms with E-state index in [2.05, 4.69) is 198 Å². The van der Waals surface area contributed by atoms with Crippen LogP contribution in [0.4, 0.5) is 0 Å². The Hall–Kier alpha value is -4.25. The molecule has 57 heavy (non-hydrogen) atoms. The van der Waals surface area contributed by atoms with Crippen LogP contribution in [0.1, 0.15) is 105 Å². The van der Waals surface area contributed by atoms with Crippen molar-refractivity contribution in [2.75, 3.05) is 0 Å². The Labute approximate surface area is 359 Å². The molecule has 0 amide bonds. The van der Waals surface area contributed by atoms with Crippen LogP contribution in [0.2, 0.25) is 0 Å². The van der Waals surface area contributed by atoms with Crippen molar-refractivity contribution in [3.8, 4) is 44.8 Å². The summed E-state index contributed by atoms with van der Waals surface area (Å²) in [5.41, 5.74) is 15.5. The van der Waals surface area contributed by atoms with E-state index in [1.165, 1.54) is 44.0 Å². The van der Waals surface area contributed by atoms with E-state index in [-0.39, 0.29) is 44.0 Å². The summed E-state index contributed by atoms with van der Waals surface area (Å²) in [6, 6.07) is 43.6. The molecule has 2 nitrogen and oxygen atoms in total. The first-order valence-corrected chi connectivity index (χ1v) is 20.8. The van der Waals surface area contributed by atoms with Gasteiger partial charge in [-0.15, -0.1) is 45.6 Å². The molecule has 8 rings (SSSR count). The molecular weight excluding hydrogens is 894 g/mol. The van der Waals surface area contributed by atoms with Crippen molar-refractivity contribution in [3.05, 3.63) is 137 Å². The van der Waals surface area contributed by atoms with Crippen molar-refractivity contribution in [1.82, 2.24) is 9.97 Å². The quantitative estimate of drug-likeness (QED) is 0.130. The molecule has 0 saturated carbocycles. The van der Waals surface area contributed by atoms with Gasteiger partial charge >= 0.3 is 22.4 Å². The molecule has 0 fully saturated rings. The zero-order valence-corrected chi connectivity index (χ0v) is 38.4. The van der Waals surface area contributed by atoms with Crippen LogP contribution in [0.25, 0.3) is 76.7 Å². The Bertz CT molecular complexity index is 2680. The van der Waals surface area contributed by atoms with Crippen LogP contribution in [0.15, 0.2) is 102 Å². The molecule has 0 aliphatic rings. The summed E-state index contributed by atoms with van der Waals surface area (Å²) < 4.78 is 1.15. The van der Waals surface area contributed by atoms with Gasteiger partial charge in [-0.3, -0.25) is 4.98 Å². The summed E-state index contributed by atoms with van der Waals surface area (Å²) in [5.74, 6) is 0. The number of nitrogens with zero attached hydrogens (tertiary/aromatic N) is 2. The molecule has 0 atom stereocenters. The van der Waals surface area contributed by atoms with E-state index in [1.807, 2.05) is 0 Å². The molecule has 0 unspecified atom stereocenters. The zero-order valence-electron chi connectivity index (χ0n) is 35.4. The second-order valence-corrected chi connectivity index (χ2v) is 20.6. The molecule has 0 spiro atoms. The van der Waals surface area contributed by atoms with Gasteiger partial charge in [0, 0.05) is 10.4 Å². The number of fused-ring (bicyclic) bond motifs is 4. The van der Waals surface area contributed by atoms with E-state index in [1.54, 1.807) is 11.3 Å². The van der Waals surface area contributed by atoms with Gasteiger partial charge in [-0.2, -0.15) is 35.9 Å². The van der Waals surface area contributed by atoms with Crippen molar-refractivity contribution >= 4 is 43.2 Å². The van der Waals surface area contributed by atoms with Crippen molar-refractivity contribution in [2.45, 2.75) is 105 Å². The largest absolute Gasteiger partial charge is 3.00 e. The fourth-order valence-electron chi connectivity index (χ4n) is 7.55. The summed E-state index contributed by atoms with van der Waals surface area (Å²) in [4.78, 5) is 10.9. The fraction of sp³-hybridized carbons (Fsp3) is 0.302. The maximum atomic E-state index is 5.61. The Morgan fingerprint density at radius 3 is 1.79 bits per heavy atom. The Morgan fingerprint density at radius 2 is 1.16 bits per heavy atom. The summed E-state index contributed by atoms with van der Waals surface area (Å²) in [6.45, 7) is 27.2. The van der Waals surface area contributed by atoms with Crippen molar-refractivity contribution < 1.29 is 22.4 Å². The smallest absolute Gasteiger partial charge is 0.656 e. The van der Waals surface area contributed by atoms with Gasteiger partial charge < -0.3 is 4.98 Å². The minimum atomic E-state index is -0.0674. The zero-order chi connectivity index (χ0) is 39.9. The van der Waals surface area contributed by atoms with E-state index in [0.717, 1.165) is 54.9 Å². The van der Waals surface area contributed by atoms with Crippen molar-refractivity contribution in [3.63, 3.8) is 0 Å². The third kappa shape index (κ3) is 7.97. The van der Waals surface area contributed by atoms with Gasteiger partial charge in [-0.05, 0) is 83.1 Å². The van der Waals surface area contributed by atoms with Gasteiger partial charge in [0.15, 0.2) is 0 Å². The van der Waals surface area contributed by atoms with Crippen LogP contribution in [0.3, 0.4) is 0 Å². The summed E-state index contributed by atoms with van der Waals surface area (Å²) in [6.07, 6.45) is 0. The molecule has 0 N–H and O–H groups in total. The van der Waals surface area contributed by atoms with Gasteiger partial charge in [0.25, 0.3) is 0 Å². The van der Waals surface area contributed by atoms with Gasteiger partial charge in [0.2, 0.25) is 0 Å². The number of aromatic nitrogens is 2. The molecule has 0 radical (unpaired) electrons.